The lowest BCUT2D eigenvalue weighted by molar-refractivity contribution is -0.162. The van der Waals surface area contributed by atoms with Crippen LogP contribution in [0.15, 0.2) is 24.3 Å². The molecule has 3 rings (SSSR count). The van der Waals surface area contributed by atoms with Crippen molar-refractivity contribution in [2.24, 2.45) is 34.0 Å². The molecule has 158 valence electrons. The van der Waals surface area contributed by atoms with Crippen molar-refractivity contribution in [2.45, 2.75) is 85.7 Å². The second kappa shape index (κ2) is 7.63. The van der Waals surface area contributed by atoms with E-state index >= 15 is 0 Å². The first-order valence-electron chi connectivity index (χ1n) is 11.2. The van der Waals surface area contributed by atoms with Gasteiger partial charge in [0.2, 0.25) is 0 Å². The van der Waals surface area contributed by atoms with Crippen LogP contribution in [0, 0.1) is 34.0 Å². The number of ether oxygens (including phenoxy) is 1. The minimum absolute atomic E-state index is 0.0729. The summed E-state index contributed by atoms with van der Waals surface area (Å²) in [5.41, 5.74) is 1.68. The van der Waals surface area contributed by atoms with Crippen LogP contribution in [-0.2, 0) is 9.53 Å². The van der Waals surface area contributed by atoms with Crippen molar-refractivity contribution in [2.75, 3.05) is 6.61 Å². The van der Waals surface area contributed by atoms with Crippen LogP contribution < -0.4 is 0 Å². The fourth-order valence-corrected chi connectivity index (χ4v) is 6.68. The highest BCUT2D eigenvalue weighted by molar-refractivity contribution is 5.69. The Morgan fingerprint density at radius 1 is 1.36 bits per heavy atom. The van der Waals surface area contributed by atoms with E-state index in [0.29, 0.717) is 30.8 Å². The van der Waals surface area contributed by atoms with Crippen molar-refractivity contribution >= 4 is 5.97 Å². The molecule has 3 nitrogen and oxygen atoms in total. The van der Waals surface area contributed by atoms with Gasteiger partial charge >= 0.3 is 5.97 Å². The number of carbonyl (C=O) groups excluding carboxylic acids is 1. The molecule has 0 unspecified atom stereocenters. The van der Waals surface area contributed by atoms with E-state index in [1.165, 1.54) is 0 Å². The standard InChI is InChI=1S/C25H40O3/c1-7-23(4)11-10-20-18(13-23)8-9-21-24(5,14-19(26)15-25(20,21)6)16-28-22(27)12-17(2)3/h7-8,17,19-21,26H,1,9-16H2,2-6H3/t19-,20-,21+,23-,24+,25-/m0/s1. The molecule has 0 radical (unpaired) electrons. The molecular weight excluding hydrogens is 348 g/mol. The van der Waals surface area contributed by atoms with Gasteiger partial charge in [0.05, 0.1) is 12.7 Å². The number of allylic oxidation sites excluding steroid dienone is 3. The third-order valence-electron chi connectivity index (χ3n) is 8.12. The first-order chi connectivity index (χ1) is 13.0. The first-order valence-corrected chi connectivity index (χ1v) is 11.2. The topological polar surface area (TPSA) is 46.5 Å². The fraction of sp³-hybridized carbons (Fsp3) is 0.800. The number of hydrogen-bond acceptors (Lipinski definition) is 3. The second-order valence-electron chi connectivity index (χ2n) is 11.2. The van der Waals surface area contributed by atoms with E-state index in [0.717, 1.165) is 38.5 Å². The number of esters is 1. The lowest BCUT2D eigenvalue weighted by Gasteiger charge is -2.60. The molecule has 6 atom stereocenters. The maximum atomic E-state index is 12.2. The predicted octanol–water partition coefficient (Wildman–Crippen LogP) is 5.68. The van der Waals surface area contributed by atoms with Crippen LogP contribution in [0.5, 0.6) is 0 Å². The van der Waals surface area contributed by atoms with E-state index in [9.17, 15) is 9.90 Å². The molecule has 0 heterocycles. The van der Waals surface area contributed by atoms with Gasteiger partial charge in [-0.2, -0.15) is 0 Å². The zero-order valence-corrected chi connectivity index (χ0v) is 18.6. The number of aliphatic hydroxyl groups is 1. The van der Waals surface area contributed by atoms with Crippen LogP contribution in [0.25, 0.3) is 0 Å². The quantitative estimate of drug-likeness (QED) is 0.487. The number of aliphatic hydroxyl groups excluding tert-OH is 1. The van der Waals surface area contributed by atoms with E-state index in [-0.39, 0.29) is 28.3 Å². The lowest BCUT2D eigenvalue weighted by Crippen LogP contribution is -2.56. The minimum atomic E-state index is -0.317. The van der Waals surface area contributed by atoms with Crippen molar-refractivity contribution in [3.05, 3.63) is 24.3 Å². The van der Waals surface area contributed by atoms with Crippen LogP contribution >= 0.6 is 0 Å². The van der Waals surface area contributed by atoms with E-state index < -0.39 is 0 Å². The smallest absolute Gasteiger partial charge is 0.306 e. The maximum absolute atomic E-state index is 12.2. The fourth-order valence-electron chi connectivity index (χ4n) is 6.68. The molecule has 0 spiro atoms. The molecular formula is C25H40O3. The van der Waals surface area contributed by atoms with Gasteiger partial charge in [0, 0.05) is 11.8 Å². The Kier molecular flexibility index (Phi) is 5.89. The van der Waals surface area contributed by atoms with Crippen LogP contribution in [0.4, 0.5) is 0 Å². The largest absolute Gasteiger partial charge is 0.465 e. The number of hydrogen-bond donors (Lipinski definition) is 1. The van der Waals surface area contributed by atoms with Crippen molar-refractivity contribution in [1.29, 1.82) is 0 Å². The summed E-state index contributed by atoms with van der Waals surface area (Å²) >= 11 is 0. The average Bonchev–Trinajstić information content (AvgIpc) is 2.58. The lowest BCUT2D eigenvalue weighted by atomic mass is 9.45. The van der Waals surface area contributed by atoms with Gasteiger partial charge in [0.15, 0.2) is 0 Å². The highest BCUT2D eigenvalue weighted by Gasteiger charge is 2.57. The Labute approximate surface area is 171 Å². The summed E-state index contributed by atoms with van der Waals surface area (Å²) in [5, 5.41) is 10.8. The summed E-state index contributed by atoms with van der Waals surface area (Å²) in [7, 11) is 0. The molecule has 3 heteroatoms. The van der Waals surface area contributed by atoms with Crippen LogP contribution in [0.2, 0.25) is 0 Å². The van der Waals surface area contributed by atoms with Gasteiger partial charge < -0.3 is 9.84 Å². The molecule has 28 heavy (non-hydrogen) atoms. The molecule has 0 amide bonds. The molecule has 0 aromatic carbocycles. The summed E-state index contributed by atoms with van der Waals surface area (Å²) in [6.45, 7) is 15.5. The van der Waals surface area contributed by atoms with E-state index in [4.69, 9.17) is 4.74 Å². The minimum Gasteiger partial charge on any atom is -0.465 e. The van der Waals surface area contributed by atoms with Crippen molar-refractivity contribution < 1.29 is 14.6 Å². The number of carbonyl (C=O) groups is 1. The normalized spacial score (nSPS) is 43.0. The zero-order chi connectivity index (χ0) is 20.7. The summed E-state index contributed by atoms with van der Waals surface area (Å²) in [4.78, 5) is 12.2. The Balaban J connectivity index is 1.83. The molecule has 2 fully saturated rings. The van der Waals surface area contributed by atoms with Crippen LogP contribution in [0.3, 0.4) is 0 Å². The van der Waals surface area contributed by atoms with Gasteiger partial charge in [-0.3, -0.25) is 4.79 Å². The molecule has 3 aliphatic rings. The summed E-state index contributed by atoms with van der Waals surface area (Å²) < 4.78 is 5.74. The highest BCUT2D eigenvalue weighted by Crippen LogP contribution is 2.63. The van der Waals surface area contributed by atoms with Gasteiger partial charge in [0.25, 0.3) is 0 Å². The monoisotopic (exact) mass is 388 g/mol. The van der Waals surface area contributed by atoms with Crippen molar-refractivity contribution in [1.82, 2.24) is 0 Å². The van der Waals surface area contributed by atoms with Gasteiger partial charge in [-0.05, 0) is 67.1 Å². The average molecular weight is 389 g/mol. The molecule has 3 aliphatic carbocycles. The highest BCUT2D eigenvalue weighted by atomic mass is 16.5. The van der Waals surface area contributed by atoms with E-state index in [1.807, 2.05) is 13.8 Å². The number of fused-ring (bicyclic) bond motifs is 3. The molecule has 0 aromatic heterocycles. The van der Waals surface area contributed by atoms with Crippen molar-refractivity contribution in [3.8, 4) is 0 Å². The first kappa shape index (κ1) is 21.6. The van der Waals surface area contributed by atoms with Crippen LogP contribution in [0.1, 0.15) is 79.6 Å². The summed E-state index contributed by atoms with van der Waals surface area (Å²) in [6, 6.07) is 0. The number of rotatable bonds is 5. The van der Waals surface area contributed by atoms with Gasteiger partial charge in [-0.25, -0.2) is 0 Å². The molecule has 1 N–H and O–H groups in total. The van der Waals surface area contributed by atoms with E-state index in [1.54, 1.807) is 5.57 Å². The summed E-state index contributed by atoms with van der Waals surface area (Å²) in [5.74, 6) is 1.17. The SMILES string of the molecule is C=C[C@@]1(C)CC[C@H]2C(=CC[C@@H]3[C@@](C)(COC(=O)CC(C)C)C[C@H](O)C[C@]32C)C1. The van der Waals surface area contributed by atoms with Crippen molar-refractivity contribution in [3.63, 3.8) is 0 Å². The molecule has 0 aromatic rings. The third-order valence-corrected chi connectivity index (χ3v) is 8.12. The van der Waals surface area contributed by atoms with Gasteiger partial charge in [0.1, 0.15) is 0 Å². The molecule has 0 bridgehead atoms. The maximum Gasteiger partial charge on any atom is 0.306 e. The Hall–Kier alpha value is -1.09. The predicted molar refractivity (Wildman–Crippen MR) is 114 cm³/mol. The molecule has 0 saturated heterocycles. The van der Waals surface area contributed by atoms with E-state index in [2.05, 4.69) is 39.5 Å². The van der Waals surface area contributed by atoms with Crippen LogP contribution in [-0.4, -0.2) is 23.8 Å². The zero-order valence-electron chi connectivity index (χ0n) is 18.6. The Morgan fingerprint density at radius 3 is 2.71 bits per heavy atom. The van der Waals surface area contributed by atoms with Gasteiger partial charge in [-0.1, -0.05) is 52.3 Å². The molecule has 0 aliphatic heterocycles. The summed E-state index contributed by atoms with van der Waals surface area (Å²) in [6.07, 6.45) is 10.8. The Morgan fingerprint density at radius 2 is 2.07 bits per heavy atom. The second-order valence-corrected chi connectivity index (χ2v) is 11.2. The van der Waals surface area contributed by atoms with Gasteiger partial charge in [-0.15, -0.1) is 6.58 Å². The Bertz CT molecular complexity index is 650. The third kappa shape index (κ3) is 3.97. The molecule has 2 saturated carbocycles.